The van der Waals surface area contributed by atoms with E-state index in [0.717, 1.165) is 16.9 Å². The number of para-hydroxylation sites is 1. The molecule has 1 unspecified atom stereocenters. The van der Waals surface area contributed by atoms with Crippen molar-refractivity contribution >= 4 is 11.6 Å². The van der Waals surface area contributed by atoms with Crippen LogP contribution in [0, 0.1) is 0 Å². The predicted molar refractivity (Wildman–Crippen MR) is 84.1 cm³/mol. The molecular weight excluding hydrogens is 264 g/mol. The number of nitrogens with one attached hydrogen (secondary N) is 1. The minimum absolute atomic E-state index is 0.0426. The lowest BCUT2D eigenvalue weighted by atomic mass is 10.1. The number of amides is 1. The van der Waals surface area contributed by atoms with Crippen LogP contribution >= 0.6 is 0 Å². The van der Waals surface area contributed by atoms with E-state index in [1.165, 1.54) is 0 Å². The van der Waals surface area contributed by atoms with E-state index < -0.39 is 0 Å². The van der Waals surface area contributed by atoms with Gasteiger partial charge in [0, 0.05) is 11.3 Å². The average molecular weight is 284 g/mol. The van der Waals surface area contributed by atoms with Crippen LogP contribution in [0.5, 0.6) is 5.75 Å². The normalized spacial score (nSPS) is 11.7. The van der Waals surface area contributed by atoms with E-state index in [2.05, 4.69) is 5.32 Å². The van der Waals surface area contributed by atoms with Crippen LogP contribution in [0.1, 0.15) is 24.1 Å². The Morgan fingerprint density at radius 1 is 1.24 bits per heavy atom. The summed E-state index contributed by atoms with van der Waals surface area (Å²) in [6.45, 7) is 1.94. The number of ether oxygens (including phenoxy) is 1. The fourth-order valence-electron chi connectivity index (χ4n) is 2.28. The lowest BCUT2D eigenvalue weighted by molar-refractivity contribution is -0.121. The average Bonchev–Trinajstić information content (AvgIpc) is 2.47. The van der Waals surface area contributed by atoms with Gasteiger partial charge in [0.05, 0.1) is 19.6 Å². The Morgan fingerprint density at radius 3 is 2.71 bits per heavy atom. The molecule has 0 fully saturated rings. The summed E-state index contributed by atoms with van der Waals surface area (Å²) in [5.41, 5.74) is 8.24. The molecule has 2 aromatic carbocycles. The number of anilines is 1. The molecule has 0 aromatic heterocycles. The Hall–Kier alpha value is -2.49. The number of rotatable bonds is 5. The van der Waals surface area contributed by atoms with Crippen LogP contribution < -0.4 is 15.8 Å². The predicted octanol–water partition coefficient (Wildman–Crippen LogP) is 2.70. The summed E-state index contributed by atoms with van der Waals surface area (Å²) in [4.78, 5) is 12.1. The summed E-state index contributed by atoms with van der Waals surface area (Å²) in [6.07, 6.45) is 0.310. The maximum absolute atomic E-state index is 12.1. The Bertz CT molecular complexity index is 626. The summed E-state index contributed by atoms with van der Waals surface area (Å²) in [7, 11) is 1.63. The second kappa shape index (κ2) is 6.79. The zero-order valence-corrected chi connectivity index (χ0v) is 12.3. The van der Waals surface area contributed by atoms with Crippen molar-refractivity contribution in [1.29, 1.82) is 0 Å². The van der Waals surface area contributed by atoms with Gasteiger partial charge in [-0.25, -0.2) is 0 Å². The molecule has 0 aliphatic heterocycles. The number of carbonyl (C=O) groups excluding carboxylic acids is 1. The van der Waals surface area contributed by atoms with Gasteiger partial charge in [-0.05, 0) is 30.7 Å². The summed E-state index contributed by atoms with van der Waals surface area (Å²) in [5, 5.41) is 2.98. The van der Waals surface area contributed by atoms with Crippen molar-refractivity contribution in [2.24, 2.45) is 0 Å². The molecule has 0 heterocycles. The van der Waals surface area contributed by atoms with E-state index in [-0.39, 0.29) is 11.9 Å². The van der Waals surface area contributed by atoms with Crippen LogP contribution in [-0.2, 0) is 11.2 Å². The number of carbonyl (C=O) groups is 1. The molecule has 0 aliphatic rings. The van der Waals surface area contributed by atoms with Gasteiger partial charge >= 0.3 is 0 Å². The van der Waals surface area contributed by atoms with Gasteiger partial charge in [0.1, 0.15) is 5.75 Å². The first kappa shape index (κ1) is 14.9. The van der Waals surface area contributed by atoms with E-state index in [1.807, 2.05) is 49.4 Å². The molecule has 2 aromatic rings. The number of nitrogens with two attached hydrogens (primary N) is 1. The molecule has 0 bridgehead atoms. The van der Waals surface area contributed by atoms with Crippen LogP contribution in [0.2, 0.25) is 0 Å². The van der Waals surface area contributed by atoms with Crippen molar-refractivity contribution in [2.45, 2.75) is 19.4 Å². The fourth-order valence-corrected chi connectivity index (χ4v) is 2.28. The molecule has 0 saturated heterocycles. The van der Waals surface area contributed by atoms with Crippen molar-refractivity contribution in [3.8, 4) is 5.75 Å². The highest BCUT2D eigenvalue weighted by atomic mass is 16.5. The SMILES string of the molecule is COc1ccccc1C(C)NC(=O)Cc1cccc(N)c1. The van der Waals surface area contributed by atoms with Crippen molar-refractivity contribution < 1.29 is 9.53 Å². The minimum atomic E-state index is -0.116. The van der Waals surface area contributed by atoms with Gasteiger partial charge in [-0.2, -0.15) is 0 Å². The number of hydrogen-bond acceptors (Lipinski definition) is 3. The van der Waals surface area contributed by atoms with E-state index >= 15 is 0 Å². The van der Waals surface area contributed by atoms with Crippen molar-refractivity contribution in [3.05, 3.63) is 59.7 Å². The van der Waals surface area contributed by atoms with E-state index in [9.17, 15) is 4.79 Å². The summed E-state index contributed by atoms with van der Waals surface area (Å²) in [6, 6.07) is 14.9. The van der Waals surface area contributed by atoms with E-state index in [4.69, 9.17) is 10.5 Å². The zero-order chi connectivity index (χ0) is 15.2. The fraction of sp³-hybridized carbons (Fsp3) is 0.235. The summed E-state index contributed by atoms with van der Waals surface area (Å²) >= 11 is 0. The number of hydrogen-bond donors (Lipinski definition) is 2. The molecule has 3 N–H and O–H groups in total. The molecule has 21 heavy (non-hydrogen) atoms. The van der Waals surface area contributed by atoms with Crippen molar-refractivity contribution in [2.75, 3.05) is 12.8 Å². The van der Waals surface area contributed by atoms with Gasteiger partial charge in [0.2, 0.25) is 5.91 Å². The van der Waals surface area contributed by atoms with Gasteiger partial charge < -0.3 is 15.8 Å². The van der Waals surface area contributed by atoms with Crippen LogP contribution in [0.25, 0.3) is 0 Å². The maximum Gasteiger partial charge on any atom is 0.224 e. The smallest absolute Gasteiger partial charge is 0.224 e. The Balaban J connectivity index is 2.02. The van der Waals surface area contributed by atoms with Gasteiger partial charge in [0.15, 0.2) is 0 Å². The second-order valence-corrected chi connectivity index (χ2v) is 4.95. The number of methoxy groups -OCH3 is 1. The van der Waals surface area contributed by atoms with Gasteiger partial charge in [0.25, 0.3) is 0 Å². The first-order valence-corrected chi connectivity index (χ1v) is 6.87. The molecule has 0 saturated carbocycles. The first-order valence-electron chi connectivity index (χ1n) is 6.87. The molecule has 1 amide bonds. The van der Waals surface area contributed by atoms with Crippen LogP contribution in [0.3, 0.4) is 0 Å². The van der Waals surface area contributed by atoms with Crippen molar-refractivity contribution in [3.63, 3.8) is 0 Å². The number of nitrogen functional groups attached to an aromatic ring is 1. The quantitative estimate of drug-likeness (QED) is 0.830. The maximum atomic E-state index is 12.1. The minimum Gasteiger partial charge on any atom is -0.496 e. The van der Waals surface area contributed by atoms with Crippen LogP contribution in [0.4, 0.5) is 5.69 Å². The topological polar surface area (TPSA) is 64.3 Å². The van der Waals surface area contributed by atoms with E-state index in [0.29, 0.717) is 12.1 Å². The largest absolute Gasteiger partial charge is 0.496 e. The third-order valence-corrected chi connectivity index (χ3v) is 3.30. The van der Waals surface area contributed by atoms with Crippen molar-refractivity contribution in [1.82, 2.24) is 5.32 Å². The van der Waals surface area contributed by atoms with E-state index in [1.54, 1.807) is 13.2 Å². The summed E-state index contributed by atoms with van der Waals surface area (Å²) in [5.74, 6) is 0.730. The van der Waals surface area contributed by atoms with Gasteiger partial charge in [-0.15, -0.1) is 0 Å². The standard InChI is InChI=1S/C17H20N2O2/c1-12(15-8-3-4-9-16(15)21-2)19-17(20)11-13-6-5-7-14(18)10-13/h3-10,12H,11,18H2,1-2H3,(H,19,20). The highest BCUT2D eigenvalue weighted by Crippen LogP contribution is 2.24. The lowest BCUT2D eigenvalue weighted by Gasteiger charge is -2.17. The zero-order valence-electron chi connectivity index (χ0n) is 12.3. The highest BCUT2D eigenvalue weighted by Gasteiger charge is 2.13. The molecule has 0 spiro atoms. The third-order valence-electron chi connectivity index (χ3n) is 3.30. The first-order chi connectivity index (χ1) is 10.1. The molecule has 4 nitrogen and oxygen atoms in total. The van der Waals surface area contributed by atoms with Crippen LogP contribution in [-0.4, -0.2) is 13.0 Å². The molecule has 0 radical (unpaired) electrons. The Labute approximate surface area is 124 Å². The Morgan fingerprint density at radius 2 is 2.00 bits per heavy atom. The molecule has 1 atom stereocenters. The molecule has 2 rings (SSSR count). The summed E-state index contributed by atoms with van der Waals surface area (Å²) < 4.78 is 5.31. The molecule has 0 aliphatic carbocycles. The lowest BCUT2D eigenvalue weighted by Crippen LogP contribution is -2.28. The monoisotopic (exact) mass is 284 g/mol. The van der Waals surface area contributed by atoms with Crippen LogP contribution in [0.15, 0.2) is 48.5 Å². The molecule has 4 heteroatoms. The van der Waals surface area contributed by atoms with Gasteiger partial charge in [-0.3, -0.25) is 4.79 Å². The van der Waals surface area contributed by atoms with Gasteiger partial charge in [-0.1, -0.05) is 30.3 Å². The number of benzene rings is 2. The second-order valence-electron chi connectivity index (χ2n) is 4.95. The molecule has 110 valence electrons. The Kier molecular flexibility index (Phi) is 4.82. The highest BCUT2D eigenvalue weighted by molar-refractivity contribution is 5.79. The molecular formula is C17H20N2O2. The third kappa shape index (κ3) is 3.99.